The third-order valence-electron chi connectivity index (χ3n) is 5.79. The lowest BCUT2D eigenvalue weighted by Crippen LogP contribution is -2.29. The fourth-order valence-electron chi connectivity index (χ4n) is 4.17. The van der Waals surface area contributed by atoms with Crippen LogP contribution in [0.25, 0.3) is 11.3 Å². The number of ether oxygens (including phenoxy) is 2. The van der Waals surface area contributed by atoms with Gasteiger partial charge in [-0.05, 0) is 72.9 Å². The van der Waals surface area contributed by atoms with E-state index < -0.39 is 0 Å². The number of aromatic nitrogens is 1. The highest BCUT2D eigenvalue weighted by Crippen LogP contribution is 2.46. The molecule has 0 spiro atoms. The molecule has 1 N–H and O–H groups in total. The van der Waals surface area contributed by atoms with Crippen molar-refractivity contribution in [3.05, 3.63) is 95.5 Å². The Morgan fingerprint density at radius 3 is 2.53 bits per heavy atom. The molecule has 6 nitrogen and oxygen atoms in total. The van der Waals surface area contributed by atoms with Crippen LogP contribution < -0.4 is 19.7 Å². The van der Waals surface area contributed by atoms with E-state index in [1.165, 1.54) is 0 Å². The van der Waals surface area contributed by atoms with Crippen LogP contribution in [0.1, 0.15) is 23.5 Å². The van der Waals surface area contributed by atoms with Crippen LogP contribution in [-0.2, 0) is 0 Å². The Bertz CT molecular complexity index is 1310. The van der Waals surface area contributed by atoms with E-state index >= 15 is 0 Å². The van der Waals surface area contributed by atoms with Crippen molar-refractivity contribution in [1.29, 1.82) is 0 Å². The molecule has 34 heavy (non-hydrogen) atoms. The molecule has 5 rings (SSSR count). The van der Waals surface area contributed by atoms with Gasteiger partial charge in [0.25, 0.3) is 0 Å². The van der Waals surface area contributed by atoms with E-state index in [0.29, 0.717) is 21.6 Å². The van der Waals surface area contributed by atoms with Gasteiger partial charge >= 0.3 is 0 Å². The Labute approximate surface area is 208 Å². The minimum Gasteiger partial charge on any atom is -0.497 e. The molecule has 0 saturated carbocycles. The number of hydrogen-bond donors (Lipinski definition) is 1. The Kier molecular flexibility index (Phi) is 6.13. The highest BCUT2D eigenvalue weighted by Gasteiger charge is 2.43. The molecular weight excluding hydrogens is 470 g/mol. The summed E-state index contributed by atoms with van der Waals surface area (Å²) in [7, 11) is 3.26. The Balaban J connectivity index is 1.63. The van der Waals surface area contributed by atoms with Gasteiger partial charge in [0.1, 0.15) is 29.1 Å². The lowest BCUT2D eigenvalue weighted by Gasteiger charge is -2.27. The number of nitrogens with zero attached hydrogens (tertiary/aromatic N) is 2. The molecule has 8 heteroatoms. The Hall–Kier alpha value is -3.55. The molecule has 2 atom stereocenters. The van der Waals surface area contributed by atoms with Crippen LogP contribution in [0, 0.1) is 0 Å². The zero-order valence-corrected chi connectivity index (χ0v) is 20.1. The first-order valence-electron chi connectivity index (χ1n) is 10.7. The Morgan fingerprint density at radius 2 is 1.82 bits per heavy atom. The van der Waals surface area contributed by atoms with E-state index in [4.69, 9.17) is 37.7 Å². The number of furan rings is 1. The molecule has 4 aromatic rings. The largest absolute Gasteiger partial charge is 0.497 e. The number of halogens is 1. The van der Waals surface area contributed by atoms with Gasteiger partial charge in [0.2, 0.25) is 0 Å². The van der Waals surface area contributed by atoms with Crippen molar-refractivity contribution in [2.75, 3.05) is 19.1 Å². The molecule has 3 heterocycles. The summed E-state index contributed by atoms with van der Waals surface area (Å²) in [5.41, 5.74) is 2.56. The molecule has 1 aliphatic heterocycles. The fraction of sp³-hybridized carbons (Fsp3) is 0.154. The summed E-state index contributed by atoms with van der Waals surface area (Å²) in [5.74, 6) is 2.83. The quantitative estimate of drug-likeness (QED) is 0.323. The van der Waals surface area contributed by atoms with E-state index in [2.05, 4.69) is 10.3 Å². The van der Waals surface area contributed by atoms with E-state index in [1.54, 1.807) is 20.4 Å². The second-order valence-electron chi connectivity index (χ2n) is 7.74. The van der Waals surface area contributed by atoms with Gasteiger partial charge in [-0.25, -0.2) is 0 Å². The highest BCUT2D eigenvalue weighted by molar-refractivity contribution is 7.80. The molecule has 0 bridgehead atoms. The van der Waals surface area contributed by atoms with Gasteiger partial charge in [0.05, 0.1) is 31.6 Å². The van der Waals surface area contributed by atoms with Crippen molar-refractivity contribution < 1.29 is 13.9 Å². The molecule has 0 amide bonds. The third-order valence-corrected chi connectivity index (χ3v) is 6.36. The van der Waals surface area contributed by atoms with Gasteiger partial charge in [-0.1, -0.05) is 17.7 Å². The van der Waals surface area contributed by atoms with Gasteiger partial charge in [0, 0.05) is 22.8 Å². The number of anilines is 1. The summed E-state index contributed by atoms with van der Waals surface area (Å²) in [6.45, 7) is 0. The number of rotatable bonds is 6. The molecule has 2 aromatic heterocycles. The first-order valence-corrected chi connectivity index (χ1v) is 11.5. The SMILES string of the molecule is COc1ccc(OC)c(N2C(=S)NC(c3ccccn3)C2c2ccc(-c3ccc(Cl)cc3)o2)c1. The first kappa shape index (κ1) is 22.3. The molecule has 0 aliphatic carbocycles. The highest BCUT2D eigenvalue weighted by atomic mass is 35.5. The summed E-state index contributed by atoms with van der Waals surface area (Å²) in [5, 5.41) is 4.65. The van der Waals surface area contributed by atoms with Gasteiger partial charge in [-0.2, -0.15) is 0 Å². The Morgan fingerprint density at radius 1 is 1.00 bits per heavy atom. The second kappa shape index (κ2) is 9.37. The topological polar surface area (TPSA) is 59.8 Å². The fourth-order valence-corrected chi connectivity index (χ4v) is 4.63. The monoisotopic (exact) mass is 491 g/mol. The van der Waals surface area contributed by atoms with Crippen LogP contribution in [0.15, 0.2) is 83.4 Å². The van der Waals surface area contributed by atoms with Gasteiger partial charge in [-0.3, -0.25) is 4.98 Å². The normalized spacial score (nSPS) is 17.5. The van der Waals surface area contributed by atoms with Crippen LogP contribution in [-0.4, -0.2) is 24.3 Å². The van der Waals surface area contributed by atoms with Crippen molar-refractivity contribution in [3.8, 4) is 22.8 Å². The van der Waals surface area contributed by atoms with Crippen molar-refractivity contribution in [3.63, 3.8) is 0 Å². The maximum absolute atomic E-state index is 6.39. The average Bonchev–Trinajstić information content (AvgIpc) is 3.49. The smallest absolute Gasteiger partial charge is 0.174 e. The lowest BCUT2D eigenvalue weighted by molar-refractivity contribution is 0.400. The molecule has 1 fully saturated rings. The number of pyridine rings is 1. The van der Waals surface area contributed by atoms with E-state index in [0.717, 1.165) is 28.5 Å². The van der Waals surface area contributed by atoms with Gasteiger partial charge in [-0.15, -0.1) is 0 Å². The minimum absolute atomic E-state index is 0.242. The van der Waals surface area contributed by atoms with Crippen LogP contribution in [0.4, 0.5) is 5.69 Å². The van der Waals surface area contributed by atoms with Crippen LogP contribution in [0.3, 0.4) is 0 Å². The van der Waals surface area contributed by atoms with E-state index in [-0.39, 0.29) is 12.1 Å². The van der Waals surface area contributed by atoms with E-state index in [1.807, 2.05) is 77.7 Å². The lowest BCUT2D eigenvalue weighted by atomic mass is 10.0. The predicted molar refractivity (Wildman–Crippen MR) is 137 cm³/mol. The molecule has 2 aromatic carbocycles. The minimum atomic E-state index is -0.315. The predicted octanol–water partition coefficient (Wildman–Crippen LogP) is 6.19. The number of hydrogen-bond acceptors (Lipinski definition) is 5. The van der Waals surface area contributed by atoms with Crippen LogP contribution in [0.5, 0.6) is 11.5 Å². The standard InChI is InChI=1S/C26H22ClN3O3S/c1-31-18-10-11-22(32-2)20(15-18)30-25(24(29-26(30)34)19-5-3-4-14-28-19)23-13-12-21(33-23)16-6-8-17(27)9-7-16/h3-15,24-25H,1-2H3,(H,29,34). The first-order chi connectivity index (χ1) is 16.6. The van der Waals surface area contributed by atoms with Gasteiger partial charge in [0.15, 0.2) is 5.11 Å². The van der Waals surface area contributed by atoms with Crippen molar-refractivity contribution in [1.82, 2.24) is 10.3 Å². The van der Waals surface area contributed by atoms with Crippen molar-refractivity contribution in [2.24, 2.45) is 0 Å². The summed E-state index contributed by atoms with van der Waals surface area (Å²) < 4.78 is 17.5. The summed E-state index contributed by atoms with van der Waals surface area (Å²) in [6, 6.07) is 22.4. The number of nitrogens with one attached hydrogen (secondary N) is 1. The van der Waals surface area contributed by atoms with Crippen molar-refractivity contribution in [2.45, 2.75) is 12.1 Å². The van der Waals surface area contributed by atoms with Crippen LogP contribution >= 0.6 is 23.8 Å². The second-order valence-corrected chi connectivity index (χ2v) is 8.57. The third kappa shape index (κ3) is 4.08. The number of methoxy groups -OCH3 is 2. The zero-order valence-electron chi connectivity index (χ0n) is 18.6. The number of thiocarbonyl (C=S) groups is 1. The van der Waals surface area contributed by atoms with E-state index in [9.17, 15) is 0 Å². The average molecular weight is 492 g/mol. The molecular formula is C26H22ClN3O3S. The maximum atomic E-state index is 6.39. The maximum Gasteiger partial charge on any atom is 0.174 e. The summed E-state index contributed by atoms with van der Waals surface area (Å²) in [4.78, 5) is 6.59. The molecule has 0 radical (unpaired) electrons. The summed E-state index contributed by atoms with van der Waals surface area (Å²) >= 11 is 11.9. The summed E-state index contributed by atoms with van der Waals surface area (Å²) in [6.07, 6.45) is 1.77. The van der Waals surface area contributed by atoms with Gasteiger partial charge < -0.3 is 24.1 Å². The molecule has 1 aliphatic rings. The van der Waals surface area contributed by atoms with Crippen molar-refractivity contribution >= 4 is 34.6 Å². The molecule has 172 valence electrons. The molecule has 2 unspecified atom stereocenters. The van der Waals surface area contributed by atoms with Crippen LogP contribution in [0.2, 0.25) is 5.02 Å². The zero-order chi connectivity index (χ0) is 23.7. The molecule has 1 saturated heterocycles. The number of benzene rings is 2.